The van der Waals surface area contributed by atoms with Gasteiger partial charge in [0.1, 0.15) is 6.10 Å². The quantitative estimate of drug-likeness (QED) is 0.332. The van der Waals surface area contributed by atoms with Gasteiger partial charge in [0.2, 0.25) is 0 Å². The van der Waals surface area contributed by atoms with Gasteiger partial charge in [-0.25, -0.2) is 0 Å². The van der Waals surface area contributed by atoms with E-state index >= 15 is 0 Å². The fraction of sp³-hybridized carbons (Fsp3) is 0.667. The van der Waals surface area contributed by atoms with E-state index in [9.17, 15) is 5.11 Å². The zero-order valence-corrected chi connectivity index (χ0v) is 22.4. The third-order valence-corrected chi connectivity index (χ3v) is 15.6. The van der Waals surface area contributed by atoms with Gasteiger partial charge in [0, 0.05) is 0 Å². The van der Waals surface area contributed by atoms with Crippen LogP contribution in [0.1, 0.15) is 59.6 Å². The maximum atomic E-state index is 11.1. The van der Waals surface area contributed by atoms with E-state index in [0.29, 0.717) is 6.42 Å². The Labute approximate surface area is 181 Å². The monoisotopic (exact) mass is 436 g/mol. The molecule has 0 amide bonds. The number of rotatable bonds is 9. The fourth-order valence-electron chi connectivity index (χ4n) is 2.63. The highest BCUT2D eigenvalue weighted by Crippen LogP contribution is 2.44. The van der Waals surface area contributed by atoms with Crippen molar-refractivity contribution in [2.24, 2.45) is 0 Å². The van der Waals surface area contributed by atoms with Crippen LogP contribution in [0.15, 0.2) is 43.0 Å². The Morgan fingerprint density at radius 2 is 1.34 bits per heavy atom. The SMILES string of the molecule is C=CC[C@H](O)[C@H](O[Si](C)(C)C(C)(C)C)[C@H](O[Si](C)(C)C(C)(C)C)c1ccccc1. The highest BCUT2D eigenvalue weighted by Gasteiger charge is 2.46. The molecule has 0 saturated carbocycles. The Kier molecular flexibility index (Phi) is 8.71. The molecular weight excluding hydrogens is 392 g/mol. The minimum absolute atomic E-state index is 0.0390. The molecule has 0 aliphatic carbocycles. The molecule has 3 nitrogen and oxygen atoms in total. The van der Waals surface area contributed by atoms with Gasteiger partial charge in [-0.3, -0.25) is 0 Å². The molecule has 0 heterocycles. The normalized spacial score (nSPS) is 16.9. The van der Waals surface area contributed by atoms with Crippen molar-refractivity contribution in [3.8, 4) is 0 Å². The Morgan fingerprint density at radius 3 is 1.76 bits per heavy atom. The Morgan fingerprint density at radius 1 is 0.897 bits per heavy atom. The van der Waals surface area contributed by atoms with Gasteiger partial charge in [0.25, 0.3) is 0 Å². The first-order valence-electron chi connectivity index (χ1n) is 10.7. The minimum atomic E-state index is -2.14. The summed E-state index contributed by atoms with van der Waals surface area (Å²) in [6.07, 6.45) is 0.813. The van der Waals surface area contributed by atoms with Crippen molar-refractivity contribution in [1.82, 2.24) is 0 Å². The van der Waals surface area contributed by atoms with Crippen LogP contribution in [0.25, 0.3) is 0 Å². The van der Waals surface area contributed by atoms with E-state index in [0.717, 1.165) is 5.56 Å². The van der Waals surface area contributed by atoms with Crippen LogP contribution < -0.4 is 0 Å². The maximum absolute atomic E-state index is 11.1. The summed E-state index contributed by atoms with van der Waals surface area (Å²) in [7, 11) is -4.24. The number of benzene rings is 1. The molecule has 1 rings (SSSR count). The molecule has 0 fully saturated rings. The predicted molar refractivity (Wildman–Crippen MR) is 130 cm³/mol. The van der Waals surface area contributed by atoms with Gasteiger partial charge in [-0.05, 0) is 48.2 Å². The molecule has 0 unspecified atom stereocenters. The van der Waals surface area contributed by atoms with Gasteiger partial charge in [0.15, 0.2) is 16.6 Å². The molecule has 0 saturated heterocycles. The summed E-state index contributed by atoms with van der Waals surface area (Å²) in [5.74, 6) is 0. The molecule has 3 atom stereocenters. The first-order valence-corrected chi connectivity index (χ1v) is 16.5. The van der Waals surface area contributed by atoms with Gasteiger partial charge in [0.05, 0.1) is 12.2 Å². The van der Waals surface area contributed by atoms with Crippen molar-refractivity contribution in [1.29, 1.82) is 0 Å². The molecule has 0 spiro atoms. The molecule has 0 aliphatic rings. The van der Waals surface area contributed by atoms with Crippen LogP contribution in [0.3, 0.4) is 0 Å². The van der Waals surface area contributed by atoms with Crippen LogP contribution in [0, 0.1) is 0 Å². The summed E-state index contributed by atoms with van der Waals surface area (Å²) < 4.78 is 13.7. The Bertz CT molecular complexity index is 642. The third kappa shape index (κ3) is 6.89. The van der Waals surface area contributed by atoms with Crippen molar-refractivity contribution in [3.05, 3.63) is 48.6 Å². The van der Waals surface area contributed by atoms with Gasteiger partial charge in [-0.15, -0.1) is 6.58 Å². The lowest BCUT2D eigenvalue weighted by molar-refractivity contribution is -0.0454. The molecule has 1 aromatic carbocycles. The first kappa shape index (κ1) is 26.3. The summed E-state index contributed by atoms with van der Waals surface area (Å²) in [5, 5.41) is 11.2. The van der Waals surface area contributed by atoms with E-state index in [1.807, 2.05) is 18.2 Å². The second-order valence-electron chi connectivity index (χ2n) is 11.1. The fourth-order valence-corrected chi connectivity index (χ4v) is 5.20. The molecule has 0 aliphatic heterocycles. The minimum Gasteiger partial charge on any atom is -0.408 e. The first-order chi connectivity index (χ1) is 13.0. The zero-order chi connectivity index (χ0) is 22.7. The second-order valence-corrected chi connectivity index (χ2v) is 20.7. The lowest BCUT2D eigenvalue weighted by atomic mass is 9.99. The second kappa shape index (κ2) is 9.60. The molecule has 29 heavy (non-hydrogen) atoms. The summed E-state index contributed by atoms with van der Waals surface area (Å²) >= 11 is 0. The van der Waals surface area contributed by atoms with E-state index in [1.54, 1.807) is 6.08 Å². The largest absolute Gasteiger partial charge is 0.408 e. The molecule has 0 bridgehead atoms. The molecule has 0 radical (unpaired) electrons. The van der Waals surface area contributed by atoms with Crippen molar-refractivity contribution >= 4 is 16.6 Å². The van der Waals surface area contributed by atoms with Gasteiger partial charge >= 0.3 is 0 Å². The number of aliphatic hydroxyl groups is 1. The Hall–Kier alpha value is -0.726. The molecule has 0 aromatic heterocycles. The summed E-state index contributed by atoms with van der Waals surface area (Å²) in [6.45, 7) is 26.2. The average molecular weight is 437 g/mol. The van der Waals surface area contributed by atoms with E-state index in [4.69, 9.17) is 8.85 Å². The number of hydrogen-bond acceptors (Lipinski definition) is 3. The summed E-state index contributed by atoms with van der Waals surface area (Å²) in [6, 6.07) is 10.2. The van der Waals surface area contributed by atoms with E-state index in [-0.39, 0.29) is 16.2 Å². The van der Waals surface area contributed by atoms with Crippen LogP contribution in [-0.4, -0.2) is 33.9 Å². The highest BCUT2D eigenvalue weighted by atomic mass is 28.4. The van der Waals surface area contributed by atoms with E-state index in [2.05, 4.69) is 86.4 Å². The van der Waals surface area contributed by atoms with Gasteiger partial charge in [-0.2, -0.15) is 0 Å². The lowest BCUT2D eigenvalue weighted by Gasteiger charge is -2.46. The van der Waals surface area contributed by atoms with Crippen LogP contribution >= 0.6 is 0 Å². The van der Waals surface area contributed by atoms with Crippen LogP contribution in [0.5, 0.6) is 0 Å². The number of hydrogen-bond donors (Lipinski definition) is 1. The van der Waals surface area contributed by atoms with Crippen molar-refractivity contribution < 1.29 is 14.0 Å². The predicted octanol–water partition coefficient (Wildman–Crippen LogP) is 7.08. The van der Waals surface area contributed by atoms with Gasteiger partial charge in [-0.1, -0.05) is 78.0 Å². The number of aliphatic hydroxyl groups excluding tert-OH is 1. The summed E-state index contributed by atoms with van der Waals surface area (Å²) in [4.78, 5) is 0. The molecular formula is C24H44O3Si2. The van der Waals surface area contributed by atoms with Crippen LogP contribution in [0.4, 0.5) is 0 Å². The lowest BCUT2D eigenvalue weighted by Crippen LogP contribution is -2.52. The standard InChI is InChI=1S/C24H44O3Si2/c1-12-16-20(25)22(27-29(10,11)24(5,6)7)21(19-17-14-13-15-18-19)26-28(8,9)23(2,3)4/h12-15,17-18,20-22,25H,1,16H2,2-11H3/t20-,21+,22-/m0/s1. The third-order valence-electron chi connectivity index (χ3n) is 6.68. The zero-order valence-electron chi connectivity index (χ0n) is 20.4. The Balaban J connectivity index is 3.48. The van der Waals surface area contributed by atoms with E-state index < -0.39 is 28.8 Å². The maximum Gasteiger partial charge on any atom is 0.193 e. The summed E-state index contributed by atoms with van der Waals surface area (Å²) in [5.41, 5.74) is 1.06. The van der Waals surface area contributed by atoms with Crippen molar-refractivity contribution in [3.63, 3.8) is 0 Å². The molecule has 5 heteroatoms. The highest BCUT2D eigenvalue weighted by molar-refractivity contribution is 6.74. The molecule has 166 valence electrons. The molecule has 1 aromatic rings. The van der Waals surface area contributed by atoms with E-state index in [1.165, 1.54) is 0 Å². The molecule has 1 N–H and O–H groups in total. The average Bonchev–Trinajstić information content (AvgIpc) is 2.57. The van der Waals surface area contributed by atoms with Crippen LogP contribution in [-0.2, 0) is 8.85 Å². The van der Waals surface area contributed by atoms with Crippen molar-refractivity contribution in [2.75, 3.05) is 0 Å². The van der Waals surface area contributed by atoms with Gasteiger partial charge < -0.3 is 14.0 Å². The topological polar surface area (TPSA) is 38.7 Å². The van der Waals surface area contributed by atoms with Crippen LogP contribution in [0.2, 0.25) is 36.3 Å². The smallest absolute Gasteiger partial charge is 0.193 e. The van der Waals surface area contributed by atoms with Crippen molar-refractivity contribution in [2.45, 2.75) is 103 Å².